The fraction of sp³-hybridized carbons (Fsp3) is 0.562. The van der Waals surface area contributed by atoms with Crippen molar-refractivity contribution in [1.29, 1.82) is 0 Å². The molecular weight excluding hydrogens is 238 g/mol. The smallest absolute Gasteiger partial charge is 0.224 e. The van der Waals surface area contributed by atoms with E-state index in [9.17, 15) is 9.90 Å². The highest BCUT2D eigenvalue weighted by atomic mass is 16.3. The third-order valence-corrected chi connectivity index (χ3v) is 3.28. The number of carbonyl (C=O) groups excluding carboxylic acids is 1. The van der Waals surface area contributed by atoms with Gasteiger partial charge in [0, 0.05) is 12.1 Å². The summed E-state index contributed by atoms with van der Waals surface area (Å²) in [4.78, 5) is 11.8. The van der Waals surface area contributed by atoms with Crippen LogP contribution in [0.15, 0.2) is 12.1 Å². The van der Waals surface area contributed by atoms with Gasteiger partial charge in [-0.3, -0.25) is 4.79 Å². The molecule has 3 heteroatoms. The molecule has 0 heterocycles. The normalized spacial score (nSPS) is 10.5. The average Bonchev–Trinajstić information content (AvgIpc) is 2.35. The van der Waals surface area contributed by atoms with Gasteiger partial charge in [0.25, 0.3) is 0 Å². The van der Waals surface area contributed by atoms with Crippen molar-refractivity contribution in [3.05, 3.63) is 23.3 Å². The molecule has 0 unspecified atom stereocenters. The second kappa shape index (κ2) is 7.82. The fourth-order valence-corrected chi connectivity index (χ4v) is 2.14. The minimum Gasteiger partial charge on any atom is -0.507 e. The summed E-state index contributed by atoms with van der Waals surface area (Å²) in [7, 11) is 0. The van der Waals surface area contributed by atoms with E-state index in [1.807, 2.05) is 13.8 Å². The highest BCUT2D eigenvalue weighted by Crippen LogP contribution is 2.25. The molecule has 0 bridgehead atoms. The molecule has 0 saturated heterocycles. The molecule has 1 aromatic rings. The number of anilines is 1. The molecule has 0 saturated carbocycles. The zero-order valence-corrected chi connectivity index (χ0v) is 12.3. The SMILES string of the molecule is CCCCCCCC(=O)Nc1cc(C)c(O)c(C)c1. The lowest BCUT2D eigenvalue weighted by molar-refractivity contribution is -0.116. The third kappa shape index (κ3) is 5.33. The molecule has 3 nitrogen and oxygen atoms in total. The molecule has 0 fully saturated rings. The van der Waals surface area contributed by atoms with Gasteiger partial charge >= 0.3 is 0 Å². The third-order valence-electron chi connectivity index (χ3n) is 3.28. The molecule has 1 aromatic carbocycles. The lowest BCUT2D eigenvalue weighted by atomic mass is 10.1. The summed E-state index contributed by atoms with van der Waals surface area (Å²) in [6, 6.07) is 3.61. The van der Waals surface area contributed by atoms with Crippen LogP contribution >= 0.6 is 0 Å². The maximum absolute atomic E-state index is 11.8. The van der Waals surface area contributed by atoms with Gasteiger partial charge in [-0.2, -0.15) is 0 Å². The van der Waals surface area contributed by atoms with Crippen molar-refractivity contribution in [1.82, 2.24) is 0 Å². The van der Waals surface area contributed by atoms with Crippen LogP contribution in [0.1, 0.15) is 56.6 Å². The Hall–Kier alpha value is -1.51. The minimum absolute atomic E-state index is 0.0565. The molecule has 106 valence electrons. The van der Waals surface area contributed by atoms with Crippen molar-refractivity contribution in [2.45, 2.75) is 59.3 Å². The van der Waals surface area contributed by atoms with E-state index in [0.29, 0.717) is 12.2 Å². The van der Waals surface area contributed by atoms with Gasteiger partial charge in [0.2, 0.25) is 5.91 Å². The van der Waals surface area contributed by atoms with Gasteiger partial charge in [-0.25, -0.2) is 0 Å². The Bertz CT molecular complexity index is 404. The topological polar surface area (TPSA) is 49.3 Å². The summed E-state index contributed by atoms with van der Waals surface area (Å²) in [6.07, 6.45) is 6.32. The van der Waals surface area contributed by atoms with Gasteiger partial charge in [-0.15, -0.1) is 0 Å². The molecule has 0 aliphatic heterocycles. The van der Waals surface area contributed by atoms with Crippen molar-refractivity contribution >= 4 is 11.6 Å². The predicted octanol–water partition coefficient (Wildman–Crippen LogP) is 4.31. The number of aromatic hydroxyl groups is 1. The van der Waals surface area contributed by atoms with Gasteiger partial charge in [0.05, 0.1) is 0 Å². The molecule has 0 aliphatic carbocycles. The summed E-state index contributed by atoms with van der Waals surface area (Å²) >= 11 is 0. The van der Waals surface area contributed by atoms with E-state index in [0.717, 1.165) is 29.7 Å². The zero-order chi connectivity index (χ0) is 14.3. The fourth-order valence-electron chi connectivity index (χ4n) is 2.14. The number of hydrogen-bond donors (Lipinski definition) is 2. The summed E-state index contributed by atoms with van der Waals surface area (Å²) < 4.78 is 0. The molecule has 1 amide bonds. The highest BCUT2D eigenvalue weighted by molar-refractivity contribution is 5.91. The van der Waals surface area contributed by atoms with Crippen molar-refractivity contribution in [2.24, 2.45) is 0 Å². The van der Waals surface area contributed by atoms with E-state index >= 15 is 0 Å². The lowest BCUT2D eigenvalue weighted by Crippen LogP contribution is -2.11. The summed E-state index contributed by atoms with van der Waals surface area (Å²) in [5.41, 5.74) is 2.35. The van der Waals surface area contributed by atoms with E-state index in [1.165, 1.54) is 19.3 Å². The molecule has 19 heavy (non-hydrogen) atoms. The Morgan fingerprint density at radius 2 is 1.68 bits per heavy atom. The van der Waals surface area contributed by atoms with Gasteiger partial charge < -0.3 is 10.4 Å². The van der Waals surface area contributed by atoms with Crippen LogP contribution in [-0.2, 0) is 4.79 Å². The lowest BCUT2D eigenvalue weighted by Gasteiger charge is -2.09. The van der Waals surface area contributed by atoms with Crippen LogP contribution in [-0.4, -0.2) is 11.0 Å². The van der Waals surface area contributed by atoms with Crippen LogP contribution in [0.3, 0.4) is 0 Å². The standard InChI is InChI=1S/C16H25NO2/c1-4-5-6-7-8-9-15(18)17-14-10-12(2)16(19)13(3)11-14/h10-11,19H,4-9H2,1-3H3,(H,17,18). The van der Waals surface area contributed by atoms with Crippen molar-refractivity contribution in [3.8, 4) is 5.75 Å². The second-order valence-corrected chi connectivity index (χ2v) is 5.17. The number of hydrogen-bond acceptors (Lipinski definition) is 2. The first-order chi connectivity index (χ1) is 9.04. The number of aryl methyl sites for hydroxylation is 2. The van der Waals surface area contributed by atoms with Crippen LogP contribution in [0, 0.1) is 13.8 Å². The van der Waals surface area contributed by atoms with Gasteiger partial charge in [0.1, 0.15) is 5.75 Å². The summed E-state index contributed by atoms with van der Waals surface area (Å²) in [5, 5.41) is 12.6. The Morgan fingerprint density at radius 1 is 1.11 bits per heavy atom. The number of phenolic OH excluding ortho intramolecular Hbond substituents is 1. The summed E-state index contributed by atoms with van der Waals surface area (Å²) in [5.74, 6) is 0.360. The van der Waals surface area contributed by atoms with Crippen LogP contribution in [0.25, 0.3) is 0 Å². The Kier molecular flexibility index (Phi) is 6.40. The van der Waals surface area contributed by atoms with E-state index in [4.69, 9.17) is 0 Å². The number of rotatable bonds is 7. The van der Waals surface area contributed by atoms with Gasteiger partial charge in [-0.1, -0.05) is 32.6 Å². The number of unbranched alkanes of at least 4 members (excludes halogenated alkanes) is 4. The molecular formula is C16H25NO2. The van der Waals surface area contributed by atoms with Crippen molar-refractivity contribution in [3.63, 3.8) is 0 Å². The molecule has 0 aliphatic rings. The van der Waals surface area contributed by atoms with E-state index in [1.54, 1.807) is 12.1 Å². The average molecular weight is 263 g/mol. The van der Waals surface area contributed by atoms with Crippen LogP contribution in [0.4, 0.5) is 5.69 Å². The number of nitrogens with one attached hydrogen (secondary N) is 1. The maximum Gasteiger partial charge on any atom is 0.224 e. The van der Waals surface area contributed by atoms with Crippen LogP contribution in [0.2, 0.25) is 0 Å². The van der Waals surface area contributed by atoms with Crippen molar-refractivity contribution in [2.75, 3.05) is 5.32 Å². The molecule has 2 N–H and O–H groups in total. The predicted molar refractivity (Wildman–Crippen MR) is 79.6 cm³/mol. The van der Waals surface area contributed by atoms with E-state index in [2.05, 4.69) is 12.2 Å². The quantitative estimate of drug-likeness (QED) is 0.569. The van der Waals surface area contributed by atoms with E-state index in [-0.39, 0.29) is 5.91 Å². The van der Waals surface area contributed by atoms with E-state index < -0.39 is 0 Å². The molecule has 0 atom stereocenters. The largest absolute Gasteiger partial charge is 0.507 e. The minimum atomic E-state index is 0.0565. The van der Waals surface area contributed by atoms with Gasteiger partial charge in [0.15, 0.2) is 0 Å². The Balaban J connectivity index is 2.40. The monoisotopic (exact) mass is 263 g/mol. The Labute approximate surface area is 116 Å². The van der Waals surface area contributed by atoms with Gasteiger partial charge in [-0.05, 0) is 43.5 Å². The van der Waals surface area contributed by atoms with Crippen LogP contribution < -0.4 is 5.32 Å². The Morgan fingerprint density at radius 3 is 2.26 bits per heavy atom. The number of carbonyl (C=O) groups is 1. The summed E-state index contributed by atoms with van der Waals surface area (Å²) in [6.45, 7) is 5.85. The maximum atomic E-state index is 11.8. The van der Waals surface area contributed by atoms with Crippen LogP contribution in [0.5, 0.6) is 5.75 Å². The first kappa shape index (κ1) is 15.5. The second-order valence-electron chi connectivity index (χ2n) is 5.17. The molecule has 0 radical (unpaired) electrons. The highest BCUT2D eigenvalue weighted by Gasteiger charge is 2.06. The molecule has 1 rings (SSSR count). The molecule has 0 spiro atoms. The first-order valence-corrected chi connectivity index (χ1v) is 7.14. The molecule has 0 aromatic heterocycles. The number of amides is 1. The zero-order valence-electron chi connectivity index (χ0n) is 12.3. The number of benzene rings is 1. The number of phenols is 1. The first-order valence-electron chi connectivity index (χ1n) is 7.14. The van der Waals surface area contributed by atoms with Crippen molar-refractivity contribution < 1.29 is 9.90 Å².